The summed E-state index contributed by atoms with van der Waals surface area (Å²) in [4.78, 5) is 0. The van der Waals surface area contributed by atoms with E-state index in [0.29, 0.717) is 5.69 Å². The number of hydrogen-bond acceptors (Lipinski definition) is 1. The van der Waals surface area contributed by atoms with E-state index in [0.717, 1.165) is 0 Å². The van der Waals surface area contributed by atoms with Gasteiger partial charge in [-0.3, -0.25) is 0 Å². The molecule has 3 heteroatoms. The van der Waals surface area contributed by atoms with Gasteiger partial charge in [0.05, 0.1) is 0 Å². The van der Waals surface area contributed by atoms with Gasteiger partial charge in [-0.05, 0) is 24.3 Å². The summed E-state index contributed by atoms with van der Waals surface area (Å²) >= 11 is 0. The molecule has 0 atom stereocenters. The molecule has 0 spiro atoms. The molecule has 0 heterocycles. The van der Waals surface area contributed by atoms with Gasteiger partial charge in [0.15, 0.2) is 0 Å². The van der Waals surface area contributed by atoms with Gasteiger partial charge in [0.1, 0.15) is 5.82 Å². The molecule has 0 aliphatic rings. The molecule has 0 radical (unpaired) electrons. The van der Waals surface area contributed by atoms with Gasteiger partial charge in [0, 0.05) is 5.69 Å². The first kappa shape index (κ1) is 8.24. The molecule has 0 fully saturated rings. The Kier molecular flexibility index (Phi) is 3.02. The van der Waals surface area contributed by atoms with Gasteiger partial charge in [-0.2, -0.15) is 0 Å². The van der Waals surface area contributed by atoms with Crippen molar-refractivity contribution >= 4 is 18.1 Å². The third-order valence-electron chi connectivity index (χ3n) is 0.870. The molecule has 0 aliphatic carbocycles. The van der Waals surface area contributed by atoms with Gasteiger partial charge in [0.2, 0.25) is 0 Å². The van der Waals surface area contributed by atoms with E-state index in [-0.39, 0.29) is 18.2 Å². The standard InChI is InChI=1S/C6H6FN.ClH/c7-5-1-3-6(8)4-2-5;/h1-4H,8H2;1H. The van der Waals surface area contributed by atoms with E-state index in [9.17, 15) is 4.39 Å². The van der Waals surface area contributed by atoms with Crippen LogP contribution in [-0.2, 0) is 0 Å². The Labute approximate surface area is 59.1 Å². The van der Waals surface area contributed by atoms with Crippen LogP contribution in [0.1, 0.15) is 0 Å². The highest BCUT2D eigenvalue weighted by Crippen LogP contribution is 2.01. The van der Waals surface area contributed by atoms with Crippen LogP contribution < -0.4 is 5.73 Å². The summed E-state index contributed by atoms with van der Waals surface area (Å²) < 4.78 is 12.0. The lowest BCUT2D eigenvalue weighted by atomic mass is 10.3. The lowest BCUT2D eigenvalue weighted by molar-refractivity contribution is 0.628. The smallest absolute Gasteiger partial charge is 0.123 e. The van der Waals surface area contributed by atoms with Gasteiger partial charge in [-0.15, -0.1) is 12.4 Å². The van der Waals surface area contributed by atoms with E-state index in [4.69, 9.17) is 5.73 Å². The van der Waals surface area contributed by atoms with Crippen molar-refractivity contribution in [2.45, 2.75) is 0 Å². The van der Waals surface area contributed by atoms with Crippen LogP contribution >= 0.6 is 12.4 Å². The molecule has 0 bridgehead atoms. The maximum Gasteiger partial charge on any atom is 0.123 e. The summed E-state index contributed by atoms with van der Waals surface area (Å²) in [6, 6.07) is 5.70. The Morgan fingerprint density at radius 3 is 1.89 bits per heavy atom. The Balaban J connectivity index is 0.000000640. The zero-order valence-corrected chi connectivity index (χ0v) is 5.49. The van der Waals surface area contributed by atoms with Crippen LogP contribution in [0.25, 0.3) is 0 Å². The highest BCUT2D eigenvalue weighted by molar-refractivity contribution is 5.85. The number of anilines is 1. The Morgan fingerprint density at radius 1 is 1.11 bits per heavy atom. The van der Waals surface area contributed by atoms with Gasteiger partial charge in [0.25, 0.3) is 0 Å². The maximum atomic E-state index is 12.0. The minimum atomic E-state index is -0.251. The quantitative estimate of drug-likeness (QED) is 0.557. The highest BCUT2D eigenvalue weighted by atomic mass is 35.5. The van der Waals surface area contributed by atoms with Crippen molar-refractivity contribution in [2.24, 2.45) is 0 Å². The molecular weight excluding hydrogens is 141 g/mol. The fraction of sp³-hybridized carbons (Fsp3) is 0. The second-order valence-corrected chi connectivity index (χ2v) is 1.55. The summed E-state index contributed by atoms with van der Waals surface area (Å²) in [7, 11) is 0. The third kappa shape index (κ3) is 2.33. The van der Waals surface area contributed by atoms with Crippen molar-refractivity contribution in [1.82, 2.24) is 0 Å². The van der Waals surface area contributed by atoms with Crippen molar-refractivity contribution in [3.63, 3.8) is 0 Å². The summed E-state index contributed by atoms with van der Waals surface area (Å²) in [6.45, 7) is 0. The number of halogens is 2. The number of hydrogen-bond donors (Lipinski definition) is 1. The average Bonchev–Trinajstić information content (AvgIpc) is 1.77. The van der Waals surface area contributed by atoms with Gasteiger partial charge >= 0.3 is 0 Å². The monoisotopic (exact) mass is 147 g/mol. The van der Waals surface area contributed by atoms with Crippen molar-refractivity contribution < 1.29 is 4.39 Å². The van der Waals surface area contributed by atoms with E-state index in [1.165, 1.54) is 24.3 Å². The van der Waals surface area contributed by atoms with E-state index in [1.807, 2.05) is 0 Å². The molecule has 0 aliphatic heterocycles. The first-order chi connectivity index (χ1) is 3.79. The fourth-order valence-corrected chi connectivity index (χ4v) is 0.463. The van der Waals surface area contributed by atoms with Crippen molar-refractivity contribution in [3.05, 3.63) is 30.1 Å². The third-order valence-corrected chi connectivity index (χ3v) is 0.870. The van der Waals surface area contributed by atoms with Crippen LogP contribution in [0, 0.1) is 5.82 Å². The molecule has 1 aromatic carbocycles. The van der Waals surface area contributed by atoms with Crippen LogP contribution in [-0.4, -0.2) is 0 Å². The van der Waals surface area contributed by atoms with Gasteiger partial charge < -0.3 is 5.73 Å². The van der Waals surface area contributed by atoms with Crippen LogP contribution in [0.15, 0.2) is 24.3 Å². The Bertz CT molecular complexity index is 152. The van der Waals surface area contributed by atoms with Gasteiger partial charge in [-0.1, -0.05) is 0 Å². The van der Waals surface area contributed by atoms with Crippen LogP contribution in [0.3, 0.4) is 0 Å². The predicted molar refractivity (Wildman–Crippen MR) is 38.1 cm³/mol. The molecule has 0 unspecified atom stereocenters. The van der Waals surface area contributed by atoms with E-state index < -0.39 is 0 Å². The van der Waals surface area contributed by atoms with E-state index in [2.05, 4.69) is 0 Å². The summed E-state index contributed by atoms with van der Waals surface area (Å²) in [5.74, 6) is -0.251. The van der Waals surface area contributed by atoms with Crippen LogP contribution in [0.5, 0.6) is 0 Å². The Hall–Kier alpha value is -0.760. The van der Waals surface area contributed by atoms with Crippen LogP contribution in [0.4, 0.5) is 10.1 Å². The van der Waals surface area contributed by atoms with Gasteiger partial charge in [-0.25, -0.2) is 4.39 Å². The number of nitrogens with two attached hydrogens (primary N) is 1. The molecular formula is C6H7ClFN. The topological polar surface area (TPSA) is 26.0 Å². The molecule has 2 N–H and O–H groups in total. The molecule has 1 rings (SSSR count). The lowest BCUT2D eigenvalue weighted by Crippen LogP contribution is -1.82. The zero-order valence-electron chi connectivity index (χ0n) is 4.67. The molecule has 0 saturated carbocycles. The molecule has 50 valence electrons. The second-order valence-electron chi connectivity index (χ2n) is 1.55. The predicted octanol–water partition coefficient (Wildman–Crippen LogP) is 1.83. The molecule has 0 saturated heterocycles. The molecule has 9 heavy (non-hydrogen) atoms. The minimum absolute atomic E-state index is 0. The molecule has 0 amide bonds. The summed E-state index contributed by atoms with van der Waals surface area (Å²) in [5.41, 5.74) is 5.85. The van der Waals surface area contributed by atoms with Crippen molar-refractivity contribution in [1.29, 1.82) is 0 Å². The van der Waals surface area contributed by atoms with Crippen molar-refractivity contribution in [2.75, 3.05) is 5.73 Å². The summed E-state index contributed by atoms with van der Waals surface area (Å²) in [6.07, 6.45) is 0. The fourth-order valence-electron chi connectivity index (χ4n) is 0.463. The maximum absolute atomic E-state index is 12.0. The highest BCUT2D eigenvalue weighted by Gasteiger charge is 1.83. The number of nitrogen functional groups attached to an aromatic ring is 1. The number of rotatable bonds is 0. The second kappa shape index (κ2) is 3.30. The zero-order chi connectivity index (χ0) is 5.98. The Morgan fingerprint density at radius 2 is 1.56 bits per heavy atom. The average molecular weight is 148 g/mol. The lowest BCUT2D eigenvalue weighted by Gasteiger charge is -1.87. The van der Waals surface area contributed by atoms with E-state index >= 15 is 0 Å². The molecule has 1 nitrogen and oxygen atoms in total. The molecule has 1 aromatic rings. The molecule has 0 aromatic heterocycles. The van der Waals surface area contributed by atoms with E-state index in [1.54, 1.807) is 0 Å². The first-order valence-corrected chi connectivity index (χ1v) is 2.30. The van der Waals surface area contributed by atoms with Crippen molar-refractivity contribution in [3.8, 4) is 0 Å². The number of benzene rings is 1. The normalized spacial score (nSPS) is 8.11. The van der Waals surface area contributed by atoms with Crippen LogP contribution in [0.2, 0.25) is 0 Å². The largest absolute Gasteiger partial charge is 0.399 e. The first-order valence-electron chi connectivity index (χ1n) is 2.30. The summed E-state index contributed by atoms with van der Waals surface area (Å²) in [5, 5.41) is 0. The SMILES string of the molecule is Cl.Nc1ccc(F)cc1. The minimum Gasteiger partial charge on any atom is -0.399 e.